The highest BCUT2D eigenvalue weighted by molar-refractivity contribution is 7.26. The second kappa shape index (κ2) is 7.30. The quantitative estimate of drug-likeness (QED) is 0.159. The highest BCUT2D eigenvalue weighted by atomic mass is 32.1. The van der Waals surface area contributed by atoms with Gasteiger partial charge in [-0.3, -0.25) is 4.98 Å². The zero-order chi connectivity index (χ0) is 27.1. The van der Waals surface area contributed by atoms with Crippen LogP contribution in [0.4, 0.5) is 0 Å². The monoisotopic (exact) mass is 549 g/mol. The number of hydrogen-bond donors (Lipinski definition) is 0. The Morgan fingerprint density at radius 1 is 0.476 bits per heavy atom. The summed E-state index contributed by atoms with van der Waals surface area (Å²) in [7, 11) is 0. The minimum atomic E-state index is 0.944. The van der Waals surface area contributed by atoms with Gasteiger partial charge in [0.25, 0.3) is 0 Å². The average molecular weight is 550 g/mol. The van der Waals surface area contributed by atoms with Gasteiger partial charge >= 0.3 is 0 Å². The average Bonchev–Trinajstić information content (AvgIpc) is 3.61. The zero-order valence-corrected chi connectivity index (χ0v) is 23.0. The zero-order valence-electron chi connectivity index (χ0n) is 22.2. The van der Waals surface area contributed by atoms with Gasteiger partial charge in [0.2, 0.25) is 0 Å². The summed E-state index contributed by atoms with van der Waals surface area (Å²) in [6.07, 6.45) is 1.84. The molecule has 11 aromatic rings. The smallest absolute Gasteiger partial charge is 0.0972 e. The molecule has 0 atom stereocenters. The summed E-state index contributed by atoms with van der Waals surface area (Å²) in [5.41, 5.74) is 7.63. The molecule has 0 aliphatic rings. The van der Waals surface area contributed by atoms with Gasteiger partial charge in [-0.2, -0.15) is 0 Å². The van der Waals surface area contributed by atoms with Crippen LogP contribution >= 0.6 is 11.3 Å². The normalized spacial score (nSPS) is 12.8. The van der Waals surface area contributed by atoms with Gasteiger partial charge in [-0.1, -0.05) is 60.7 Å². The Hall–Kier alpha value is -5.32. The number of benzene rings is 7. The maximum atomic E-state index is 5.08. The van der Waals surface area contributed by atoms with Gasteiger partial charge in [0, 0.05) is 69.9 Å². The molecule has 4 heteroatoms. The van der Waals surface area contributed by atoms with Crippen LogP contribution in [0, 0.1) is 0 Å². The van der Waals surface area contributed by atoms with E-state index in [1.807, 2.05) is 23.6 Å². The largest absolute Gasteiger partial charge is 0.309 e. The Bertz CT molecular complexity index is 2730. The van der Waals surface area contributed by atoms with Crippen molar-refractivity contribution in [2.75, 3.05) is 0 Å². The minimum absolute atomic E-state index is 0.944. The Morgan fingerprint density at radius 2 is 1.07 bits per heavy atom. The summed E-state index contributed by atoms with van der Waals surface area (Å²) in [5, 5.41) is 13.3. The fourth-order valence-electron chi connectivity index (χ4n) is 7.51. The number of hydrogen-bond acceptors (Lipinski definition) is 3. The molecule has 42 heavy (non-hydrogen) atoms. The van der Waals surface area contributed by atoms with Crippen LogP contribution in [0.1, 0.15) is 0 Å². The maximum absolute atomic E-state index is 5.08. The van der Waals surface area contributed by atoms with E-state index in [2.05, 4.69) is 113 Å². The highest BCUT2D eigenvalue weighted by Crippen LogP contribution is 2.52. The van der Waals surface area contributed by atoms with E-state index in [0.717, 1.165) is 38.8 Å². The summed E-state index contributed by atoms with van der Waals surface area (Å²) in [4.78, 5) is 9.72. The van der Waals surface area contributed by atoms with E-state index in [1.54, 1.807) is 0 Å². The Labute approximate surface area is 242 Å². The molecule has 4 heterocycles. The van der Waals surface area contributed by atoms with Crippen LogP contribution < -0.4 is 0 Å². The summed E-state index contributed by atoms with van der Waals surface area (Å²) < 4.78 is 5.21. The summed E-state index contributed by atoms with van der Waals surface area (Å²) in [6, 6.07) is 39.9. The summed E-state index contributed by atoms with van der Waals surface area (Å²) in [5.74, 6) is 0. The van der Waals surface area contributed by atoms with Crippen LogP contribution in [0.2, 0.25) is 0 Å². The van der Waals surface area contributed by atoms with E-state index in [1.165, 1.54) is 63.5 Å². The van der Waals surface area contributed by atoms with Crippen molar-refractivity contribution in [3.05, 3.63) is 115 Å². The molecule has 0 spiro atoms. The summed E-state index contributed by atoms with van der Waals surface area (Å²) in [6.45, 7) is 0. The molecule has 0 aliphatic carbocycles. The van der Waals surface area contributed by atoms with E-state index >= 15 is 0 Å². The third kappa shape index (κ3) is 2.49. The van der Waals surface area contributed by atoms with E-state index in [4.69, 9.17) is 4.98 Å². The number of thiophene rings is 1. The van der Waals surface area contributed by atoms with Crippen molar-refractivity contribution in [2.24, 2.45) is 0 Å². The molecule has 0 aliphatic heterocycles. The van der Waals surface area contributed by atoms with Crippen molar-refractivity contribution in [1.29, 1.82) is 0 Å². The van der Waals surface area contributed by atoms with Gasteiger partial charge in [-0.05, 0) is 59.3 Å². The minimum Gasteiger partial charge on any atom is -0.309 e. The van der Waals surface area contributed by atoms with E-state index in [0.29, 0.717) is 0 Å². The molecule has 0 fully saturated rings. The molecule has 0 saturated heterocycles. The lowest BCUT2D eigenvalue weighted by atomic mass is 9.90. The molecule has 0 saturated carbocycles. The van der Waals surface area contributed by atoms with Crippen LogP contribution in [0.3, 0.4) is 0 Å². The predicted molar refractivity (Wildman–Crippen MR) is 178 cm³/mol. The SMILES string of the molecule is c1cnc2c(c1)ccc1ccc(-c3ccc(-n4c5ccc6ccc7sc8ccc9ccc4c4c9c8c7c6c45)cc3)nc12. The standard InChI is InChI=1S/C38H19N3S/c1-2-23-3-4-24-7-14-26(40-38(24)37(23)39-19-1)20-5-12-25(13-6-20)41-27-15-8-21-10-17-29-35-31(21)33(27)34-28(41)16-9-22-11-18-30(42-29)36(35)32(22)34/h1-19H. The molecule has 192 valence electrons. The molecule has 4 aromatic heterocycles. The molecule has 3 nitrogen and oxygen atoms in total. The first-order valence-corrected chi connectivity index (χ1v) is 15.1. The van der Waals surface area contributed by atoms with Gasteiger partial charge in [-0.25, -0.2) is 4.98 Å². The van der Waals surface area contributed by atoms with Crippen molar-refractivity contribution in [3.8, 4) is 16.9 Å². The first-order valence-electron chi connectivity index (χ1n) is 14.2. The van der Waals surface area contributed by atoms with Crippen molar-refractivity contribution in [3.63, 3.8) is 0 Å². The van der Waals surface area contributed by atoms with Crippen LogP contribution in [-0.4, -0.2) is 14.5 Å². The van der Waals surface area contributed by atoms with Gasteiger partial charge in [0.1, 0.15) is 0 Å². The van der Waals surface area contributed by atoms with Gasteiger partial charge < -0.3 is 4.57 Å². The van der Waals surface area contributed by atoms with Crippen LogP contribution in [0.25, 0.3) is 102 Å². The van der Waals surface area contributed by atoms with Crippen LogP contribution in [-0.2, 0) is 0 Å². The molecule has 0 N–H and O–H groups in total. The lowest BCUT2D eigenvalue weighted by Gasteiger charge is -2.11. The molecule has 0 bridgehead atoms. The van der Waals surface area contributed by atoms with Crippen molar-refractivity contribution >= 4 is 96.7 Å². The molecule has 0 amide bonds. The molecule has 0 radical (unpaired) electrons. The molecule has 7 aromatic carbocycles. The molecular formula is C38H19N3S. The topological polar surface area (TPSA) is 30.7 Å². The third-order valence-corrected chi connectivity index (χ3v) is 10.4. The third-order valence-electron chi connectivity index (χ3n) is 9.31. The number of nitrogens with zero attached hydrogens (tertiary/aromatic N) is 3. The van der Waals surface area contributed by atoms with Gasteiger partial charge in [-0.15, -0.1) is 11.3 Å². The fraction of sp³-hybridized carbons (Fsp3) is 0. The number of rotatable bonds is 2. The van der Waals surface area contributed by atoms with Crippen LogP contribution in [0.15, 0.2) is 115 Å². The Morgan fingerprint density at radius 3 is 1.76 bits per heavy atom. The van der Waals surface area contributed by atoms with Crippen molar-refractivity contribution in [2.45, 2.75) is 0 Å². The molecular weight excluding hydrogens is 531 g/mol. The van der Waals surface area contributed by atoms with E-state index < -0.39 is 0 Å². The van der Waals surface area contributed by atoms with Gasteiger partial charge in [0.05, 0.1) is 27.8 Å². The van der Waals surface area contributed by atoms with E-state index in [9.17, 15) is 0 Å². The summed E-state index contributed by atoms with van der Waals surface area (Å²) >= 11 is 1.92. The number of aromatic nitrogens is 3. The number of pyridine rings is 2. The first-order chi connectivity index (χ1) is 20.8. The maximum Gasteiger partial charge on any atom is 0.0972 e. The second-order valence-electron chi connectivity index (χ2n) is 11.4. The Kier molecular flexibility index (Phi) is 3.72. The second-order valence-corrected chi connectivity index (χ2v) is 12.5. The van der Waals surface area contributed by atoms with Crippen molar-refractivity contribution in [1.82, 2.24) is 14.5 Å². The lowest BCUT2D eigenvalue weighted by molar-refractivity contribution is 1.18. The lowest BCUT2D eigenvalue weighted by Crippen LogP contribution is -1.94. The molecule has 11 rings (SSSR count). The number of fused-ring (bicyclic) bond motifs is 3. The predicted octanol–water partition coefficient (Wildman–Crippen LogP) is 10.5. The van der Waals surface area contributed by atoms with Crippen LogP contribution in [0.5, 0.6) is 0 Å². The first kappa shape index (κ1) is 21.4. The fourth-order valence-corrected chi connectivity index (χ4v) is 8.63. The van der Waals surface area contributed by atoms with Gasteiger partial charge in [0.15, 0.2) is 0 Å². The van der Waals surface area contributed by atoms with E-state index in [-0.39, 0.29) is 0 Å². The highest BCUT2D eigenvalue weighted by Gasteiger charge is 2.25. The van der Waals surface area contributed by atoms with Crippen molar-refractivity contribution < 1.29 is 0 Å². The molecule has 0 unspecified atom stereocenters. The Balaban J connectivity index is 1.17.